The van der Waals surface area contributed by atoms with Crippen molar-refractivity contribution in [2.45, 2.75) is 26.5 Å². The van der Waals surface area contributed by atoms with Gasteiger partial charge in [0.05, 0.1) is 5.69 Å². The van der Waals surface area contributed by atoms with E-state index in [1.54, 1.807) is 18.2 Å². The molecule has 0 saturated carbocycles. The summed E-state index contributed by atoms with van der Waals surface area (Å²) in [5.41, 5.74) is 2.54. The van der Waals surface area contributed by atoms with Gasteiger partial charge in [-0.1, -0.05) is 29.8 Å². The Morgan fingerprint density at radius 2 is 2.04 bits per heavy atom. The molecule has 1 N–H and O–H groups in total. The van der Waals surface area contributed by atoms with Crippen molar-refractivity contribution < 1.29 is 9.53 Å². The van der Waals surface area contributed by atoms with Crippen LogP contribution in [0.2, 0.25) is 5.02 Å². The topological polar surface area (TPSA) is 56.2 Å². The van der Waals surface area contributed by atoms with E-state index in [1.807, 2.05) is 54.2 Å². The molecule has 0 atom stereocenters. The lowest BCUT2D eigenvalue weighted by Gasteiger charge is -2.09. The molecule has 1 aromatic heterocycles. The van der Waals surface area contributed by atoms with Crippen LogP contribution in [-0.2, 0) is 13.2 Å². The molecular weight excluding hydrogens is 362 g/mol. The van der Waals surface area contributed by atoms with Crippen LogP contribution in [0.5, 0.6) is 5.75 Å². The van der Waals surface area contributed by atoms with Crippen LogP contribution in [0.4, 0.5) is 0 Å². The number of rotatable bonds is 8. The molecule has 140 valence electrons. The SMILES string of the molecule is Cc1ccn(CCCNC(=O)c2cccc(COc3cccc(Cl)c3)c2)n1. The van der Waals surface area contributed by atoms with Gasteiger partial charge in [0.25, 0.3) is 5.91 Å². The maximum absolute atomic E-state index is 12.3. The molecule has 0 aliphatic rings. The van der Waals surface area contributed by atoms with Crippen molar-refractivity contribution in [1.29, 1.82) is 0 Å². The fraction of sp³-hybridized carbons (Fsp3) is 0.238. The van der Waals surface area contributed by atoms with Gasteiger partial charge in [-0.2, -0.15) is 5.10 Å². The molecule has 0 saturated heterocycles. The summed E-state index contributed by atoms with van der Waals surface area (Å²) in [6.07, 6.45) is 2.77. The number of hydrogen-bond acceptors (Lipinski definition) is 3. The summed E-state index contributed by atoms with van der Waals surface area (Å²) in [5, 5.41) is 7.91. The minimum absolute atomic E-state index is 0.0868. The lowest BCUT2D eigenvalue weighted by Crippen LogP contribution is -2.25. The first-order chi connectivity index (χ1) is 13.1. The lowest BCUT2D eigenvalue weighted by atomic mass is 10.1. The predicted octanol–water partition coefficient (Wildman–Crippen LogP) is 4.24. The standard InChI is InChI=1S/C21H22ClN3O2/c1-16-9-12-25(24-16)11-4-10-23-21(26)18-6-2-5-17(13-18)15-27-20-8-3-7-19(22)14-20/h2-3,5-9,12-14H,4,10-11,15H2,1H3,(H,23,26). The first-order valence-electron chi connectivity index (χ1n) is 8.86. The van der Waals surface area contributed by atoms with E-state index in [0.29, 0.717) is 29.5 Å². The molecule has 3 rings (SSSR count). The number of benzene rings is 2. The van der Waals surface area contributed by atoms with Gasteiger partial charge in [0.2, 0.25) is 0 Å². The zero-order valence-corrected chi connectivity index (χ0v) is 15.9. The third-order valence-electron chi connectivity index (χ3n) is 4.01. The molecule has 0 bridgehead atoms. The van der Waals surface area contributed by atoms with E-state index in [-0.39, 0.29) is 5.91 Å². The van der Waals surface area contributed by atoms with Crippen LogP contribution in [0.15, 0.2) is 60.8 Å². The second-order valence-corrected chi connectivity index (χ2v) is 6.71. The molecule has 2 aromatic carbocycles. The summed E-state index contributed by atoms with van der Waals surface area (Å²) >= 11 is 5.96. The fourth-order valence-corrected chi connectivity index (χ4v) is 2.84. The Kier molecular flexibility index (Phi) is 6.49. The van der Waals surface area contributed by atoms with E-state index in [4.69, 9.17) is 16.3 Å². The largest absolute Gasteiger partial charge is 0.489 e. The summed E-state index contributed by atoms with van der Waals surface area (Å²) in [4.78, 5) is 12.3. The number of hydrogen-bond donors (Lipinski definition) is 1. The van der Waals surface area contributed by atoms with Gasteiger partial charge in [0, 0.05) is 29.9 Å². The number of ether oxygens (including phenoxy) is 1. The van der Waals surface area contributed by atoms with Crippen LogP contribution >= 0.6 is 11.6 Å². The van der Waals surface area contributed by atoms with E-state index in [1.165, 1.54) is 0 Å². The van der Waals surface area contributed by atoms with Crippen molar-refractivity contribution in [2.24, 2.45) is 0 Å². The zero-order chi connectivity index (χ0) is 19.1. The third kappa shape index (κ3) is 5.86. The molecule has 5 nitrogen and oxygen atoms in total. The Bertz CT molecular complexity index is 908. The first kappa shape index (κ1) is 19.0. The van der Waals surface area contributed by atoms with Gasteiger partial charge in [-0.3, -0.25) is 9.48 Å². The second kappa shape index (κ2) is 9.24. The van der Waals surface area contributed by atoms with Crippen LogP contribution in [-0.4, -0.2) is 22.2 Å². The van der Waals surface area contributed by atoms with Crippen molar-refractivity contribution in [2.75, 3.05) is 6.54 Å². The average molecular weight is 384 g/mol. The van der Waals surface area contributed by atoms with Gasteiger partial charge in [-0.05, 0) is 55.3 Å². The Morgan fingerprint density at radius 3 is 2.81 bits per heavy atom. The minimum atomic E-state index is -0.0868. The molecule has 1 amide bonds. The van der Waals surface area contributed by atoms with Crippen LogP contribution in [0.1, 0.15) is 28.0 Å². The summed E-state index contributed by atoms with van der Waals surface area (Å²) in [6.45, 7) is 3.71. The number of halogens is 1. The molecule has 27 heavy (non-hydrogen) atoms. The highest BCUT2D eigenvalue weighted by Crippen LogP contribution is 2.18. The minimum Gasteiger partial charge on any atom is -0.489 e. The van der Waals surface area contributed by atoms with Gasteiger partial charge in [0.1, 0.15) is 12.4 Å². The van der Waals surface area contributed by atoms with E-state index in [0.717, 1.165) is 24.2 Å². The highest BCUT2D eigenvalue weighted by molar-refractivity contribution is 6.30. The molecule has 6 heteroatoms. The molecule has 0 fully saturated rings. The average Bonchev–Trinajstić information content (AvgIpc) is 3.09. The van der Waals surface area contributed by atoms with Crippen LogP contribution < -0.4 is 10.1 Å². The molecule has 0 unspecified atom stereocenters. The number of carbonyl (C=O) groups is 1. The van der Waals surface area contributed by atoms with Crippen molar-refractivity contribution in [3.05, 3.63) is 82.6 Å². The van der Waals surface area contributed by atoms with E-state index < -0.39 is 0 Å². The summed E-state index contributed by atoms with van der Waals surface area (Å²) in [5.74, 6) is 0.613. The zero-order valence-electron chi connectivity index (χ0n) is 15.2. The monoisotopic (exact) mass is 383 g/mol. The number of nitrogens with zero attached hydrogens (tertiary/aromatic N) is 2. The van der Waals surface area contributed by atoms with Gasteiger partial charge in [0.15, 0.2) is 0 Å². The van der Waals surface area contributed by atoms with Crippen LogP contribution in [0.3, 0.4) is 0 Å². The van der Waals surface area contributed by atoms with Crippen molar-refractivity contribution in [3.63, 3.8) is 0 Å². The van der Waals surface area contributed by atoms with Crippen molar-refractivity contribution in [1.82, 2.24) is 15.1 Å². The highest BCUT2D eigenvalue weighted by atomic mass is 35.5. The summed E-state index contributed by atoms with van der Waals surface area (Å²) < 4.78 is 7.62. The van der Waals surface area contributed by atoms with E-state index >= 15 is 0 Å². The van der Waals surface area contributed by atoms with Gasteiger partial charge >= 0.3 is 0 Å². The first-order valence-corrected chi connectivity index (χ1v) is 9.23. The molecule has 0 radical (unpaired) electrons. The Morgan fingerprint density at radius 1 is 1.19 bits per heavy atom. The number of aromatic nitrogens is 2. The van der Waals surface area contributed by atoms with Gasteiger partial charge in [-0.15, -0.1) is 0 Å². The quantitative estimate of drug-likeness (QED) is 0.592. The van der Waals surface area contributed by atoms with Crippen LogP contribution in [0, 0.1) is 6.92 Å². The number of aryl methyl sites for hydroxylation is 2. The maximum atomic E-state index is 12.3. The number of nitrogens with one attached hydrogen (secondary N) is 1. The fourth-order valence-electron chi connectivity index (χ4n) is 2.66. The Balaban J connectivity index is 1.47. The van der Waals surface area contributed by atoms with Gasteiger partial charge in [-0.25, -0.2) is 0 Å². The molecule has 0 aliphatic carbocycles. The van der Waals surface area contributed by atoms with Crippen molar-refractivity contribution in [3.8, 4) is 5.75 Å². The Hall–Kier alpha value is -2.79. The molecule has 1 heterocycles. The lowest BCUT2D eigenvalue weighted by molar-refractivity contribution is 0.0952. The smallest absolute Gasteiger partial charge is 0.251 e. The summed E-state index contributed by atoms with van der Waals surface area (Å²) in [7, 11) is 0. The predicted molar refractivity (Wildman–Crippen MR) is 106 cm³/mol. The molecule has 0 spiro atoms. The second-order valence-electron chi connectivity index (χ2n) is 6.28. The maximum Gasteiger partial charge on any atom is 0.251 e. The molecule has 3 aromatic rings. The summed E-state index contributed by atoms with van der Waals surface area (Å²) in [6, 6.07) is 16.7. The number of carbonyl (C=O) groups excluding carboxylic acids is 1. The molecule has 0 aliphatic heterocycles. The van der Waals surface area contributed by atoms with E-state index in [9.17, 15) is 4.79 Å². The van der Waals surface area contributed by atoms with Crippen molar-refractivity contribution >= 4 is 17.5 Å². The van der Waals surface area contributed by atoms with E-state index in [2.05, 4.69) is 10.4 Å². The Labute approximate surface area is 163 Å². The van der Waals surface area contributed by atoms with Gasteiger partial charge < -0.3 is 10.1 Å². The molecular formula is C21H22ClN3O2. The van der Waals surface area contributed by atoms with Crippen LogP contribution in [0.25, 0.3) is 0 Å². The number of amides is 1. The third-order valence-corrected chi connectivity index (χ3v) is 4.25. The normalized spacial score (nSPS) is 10.6. The highest BCUT2D eigenvalue weighted by Gasteiger charge is 2.06.